The zero-order valence-electron chi connectivity index (χ0n) is 10.5. The number of nitrogens with one attached hydrogen (secondary N) is 2. The van der Waals surface area contributed by atoms with Crippen LogP contribution in [0.2, 0.25) is 0 Å². The lowest BCUT2D eigenvalue weighted by atomic mass is 10.2. The molecule has 1 unspecified atom stereocenters. The summed E-state index contributed by atoms with van der Waals surface area (Å²) in [5.41, 5.74) is 7.44. The molecule has 19 heavy (non-hydrogen) atoms. The number of H-pyrrole nitrogens is 1. The Morgan fingerprint density at radius 2 is 2.16 bits per heavy atom. The number of amides is 1. The second kappa shape index (κ2) is 5.81. The molecule has 2 saturated carbocycles. The molecule has 2 aliphatic carbocycles. The van der Waals surface area contributed by atoms with Crippen LogP contribution in [-0.4, -0.2) is 28.7 Å². The third-order valence-corrected chi connectivity index (χ3v) is 4.46. The Bertz CT molecular complexity index is 470. The van der Waals surface area contributed by atoms with E-state index in [1.54, 1.807) is 0 Å². The molecule has 1 heterocycles. The molecule has 0 spiro atoms. The van der Waals surface area contributed by atoms with E-state index in [1.807, 2.05) is 0 Å². The number of carbonyl (C=O) groups is 1. The van der Waals surface area contributed by atoms with Crippen molar-refractivity contribution in [2.45, 2.75) is 37.6 Å². The van der Waals surface area contributed by atoms with Crippen LogP contribution in [-0.2, 0) is 0 Å². The van der Waals surface area contributed by atoms with Crippen molar-refractivity contribution in [1.82, 2.24) is 15.5 Å². The maximum Gasteiger partial charge on any atom is 0.273 e. The van der Waals surface area contributed by atoms with Gasteiger partial charge in [-0.2, -0.15) is 5.10 Å². The number of rotatable bonds is 5. The molecule has 0 aromatic carbocycles. The van der Waals surface area contributed by atoms with E-state index < -0.39 is 0 Å². The van der Waals surface area contributed by atoms with Crippen molar-refractivity contribution in [1.29, 1.82) is 0 Å². The predicted molar refractivity (Wildman–Crippen MR) is 78.5 cm³/mol. The van der Waals surface area contributed by atoms with Crippen molar-refractivity contribution in [3.05, 3.63) is 15.9 Å². The van der Waals surface area contributed by atoms with Crippen molar-refractivity contribution < 1.29 is 4.79 Å². The Morgan fingerprint density at radius 1 is 1.47 bits per heavy atom. The Labute approximate surface area is 126 Å². The molecule has 1 aromatic rings. The van der Waals surface area contributed by atoms with Crippen molar-refractivity contribution >= 4 is 34.2 Å². The number of nitrogens with two attached hydrogens (primary N) is 1. The number of halogens is 2. The molecule has 1 aromatic heterocycles. The number of hydrogen-bond acceptors (Lipinski definition) is 3. The summed E-state index contributed by atoms with van der Waals surface area (Å²) in [5.74, 6) is 0.984. The number of nitrogens with zero attached hydrogens (tertiary/aromatic N) is 1. The smallest absolute Gasteiger partial charge is 0.273 e. The largest absolute Gasteiger partial charge is 0.349 e. The van der Waals surface area contributed by atoms with Crippen LogP contribution in [0, 0.1) is 5.92 Å². The molecule has 106 valence electrons. The van der Waals surface area contributed by atoms with Crippen LogP contribution in [0.3, 0.4) is 0 Å². The normalized spacial score (nSPS) is 19.7. The highest BCUT2D eigenvalue weighted by atomic mass is 79.9. The molecule has 0 radical (unpaired) electrons. The van der Waals surface area contributed by atoms with Gasteiger partial charge in [-0.15, -0.1) is 12.4 Å². The lowest BCUT2D eigenvalue weighted by molar-refractivity contribution is 0.0944. The van der Waals surface area contributed by atoms with Gasteiger partial charge in [0.05, 0.1) is 10.2 Å². The lowest BCUT2D eigenvalue weighted by Gasteiger charge is -2.10. The SMILES string of the molecule is Cl.NC(CNC(=O)c1n[nH]c(C2CC2)c1Br)C1CC1. The van der Waals surface area contributed by atoms with Crippen LogP contribution in [0.25, 0.3) is 0 Å². The topological polar surface area (TPSA) is 83.8 Å². The van der Waals surface area contributed by atoms with Gasteiger partial charge in [0.2, 0.25) is 0 Å². The van der Waals surface area contributed by atoms with Gasteiger partial charge in [-0.3, -0.25) is 9.89 Å². The highest BCUT2D eigenvalue weighted by Crippen LogP contribution is 2.42. The molecule has 7 heteroatoms. The van der Waals surface area contributed by atoms with Gasteiger partial charge in [0.15, 0.2) is 5.69 Å². The Morgan fingerprint density at radius 3 is 2.74 bits per heavy atom. The van der Waals surface area contributed by atoms with Gasteiger partial charge in [-0.25, -0.2) is 0 Å². The van der Waals surface area contributed by atoms with Crippen LogP contribution in [0.4, 0.5) is 0 Å². The third kappa shape index (κ3) is 3.30. The van der Waals surface area contributed by atoms with Crippen LogP contribution in [0.15, 0.2) is 4.47 Å². The molecule has 2 fully saturated rings. The fourth-order valence-electron chi connectivity index (χ4n) is 2.12. The first kappa shape index (κ1) is 14.8. The van der Waals surface area contributed by atoms with Crippen molar-refractivity contribution in [3.63, 3.8) is 0 Å². The second-order valence-corrected chi connectivity index (χ2v) is 6.08. The fourth-order valence-corrected chi connectivity index (χ4v) is 2.80. The average Bonchev–Trinajstić information content (AvgIpc) is 3.24. The molecule has 5 nitrogen and oxygen atoms in total. The van der Waals surface area contributed by atoms with Gasteiger partial charge in [0, 0.05) is 18.5 Å². The first-order valence-electron chi connectivity index (χ1n) is 6.44. The highest BCUT2D eigenvalue weighted by molar-refractivity contribution is 9.10. The zero-order chi connectivity index (χ0) is 12.7. The molecule has 0 saturated heterocycles. The Hall–Kier alpha value is -0.590. The number of aromatic nitrogens is 2. The summed E-state index contributed by atoms with van der Waals surface area (Å²) in [4.78, 5) is 12.0. The minimum atomic E-state index is -0.152. The summed E-state index contributed by atoms with van der Waals surface area (Å²) in [6, 6.07) is 0.0783. The predicted octanol–water partition coefficient (Wildman–Crippen LogP) is 1.94. The highest BCUT2D eigenvalue weighted by Gasteiger charge is 2.31. The van der Waals surface area contributed by atoms with Gasteiger partial charge in [-0.1, -0.05) is 0 Å². The van der Waals surface area contributed by atoms with Crippen molar-refractivity contribution in [2.75, 3.05) is 6.54 Å². The molecular weight excluding hydrogens is 332 g/mol. The minimum Gasteiger partial charge on any atom is -0.349 e. The standard InChI is InChI=1S/C12H17BrN4O.ClH/c13-9-10(7-3-4-7)16-17-11(9)12(18)15-5-8(14)6-1-2-6;/h6-8H,1-5,14H2,(H,15,18)(H,16,17);1H. The summed E-state index contributed by atoms with van der Waals surface area (Å²) in [6.07, 6.45) is 4.73. The maximum absolute atomic E-state index is 12.0. The van der Waals surface area contributed by atoms with E-state index in [2.05, 4.69) is 31.4 Å². The third-order valence-electron chi connectivity index (χ3n) is 3.66. The van der Waals surface area contributed by atoms with Crippen LogP contribution >= 0.6 is 28.3 Å². The van der Waals surface area contributed by atoms with Crippen molar-refractivity contribution in [2.24, 2.45) is 11.7 Å². The average molecular weight is 350 g/mol. The Balaban J connectivity index is 0.00000133. The molecular formula is C12H18BrClN4O. The van der Waals surface area contributed by atoms with E-state index in [0.29, 0.717) is 24.1 Å². The van der Waals surface area contributed by atoms with E-state index in [1.165, 1.54) is 25.7 Å². The molecule has 1 atom stereocenters. The summed E-state index contributed by atoms with van der Waals surface area (Å²) in [6.45, 7) is 0.529. The summed E-state index contributed by atoms with van der Waals surface area (Å²) in [7, 11) is 0. The van der Waals surface area contributed by atoms with Gasteiger partial charge < -0.3 is 11.1 Å². The minimum absolute atomic E-state index is 0. The first-order chi connectivity index (χ1) is 8.66. The second-order valence-electron chi connectivity index (χ2n) is 5.29. The maximum atomic E-state index is 12.0. The van der Waals surface area contributed by atoms with Gasteiger partial charge in [0.25, 0.3) is 5.91 Å². The molecule has 2 aliphatic rings. The number of aromatic amines is 1. The first-order valence-corrected chi connectivity index (χ1v) is 7.23. The fraction of sp³-hybridized carbons (Fsp3) is 0.667. The molecule has 3 rings (SSSR count). The van der Waals surface area contributed by atoms with E-state index in [-0.39, 0.29) is 24.4 Å². The summed E-state index contributed by atoms with van der Waals surface area (Å²) in [5, 5.41) is 9.90. The Kier molecular flexibility index (Phi) is 4.53. The van der Waals surface area contributed by atoms with Gasteiger partial charge >= 0.3 is 0 Å². The molecule has 1 amide bonds. The van der Waals surface area contributed by atoms with E-state index in [4.69, 9.17) is 5.73 Å². The monoisotopic (exact) mass is 348 g/mol. The molecule has 4 N–H and O–H groups in total. The van der Waals surface area contributed by atoms with Crippen LogP contribution < -0.4 is 11.1 Å². The summed E-state index contributed by atoms with van der Waals surface area (Å²) >= 11 is 3.45. The number of hydrogen-bond donors (Lipinski definition) is 3. The number of carbonyl (C=O) groups excluding carboxylic acids is 1. The summed E-state index contributed by atoms with van der Waals surface area (Å²) < 4.78 is 0.808. The quantitative estimate of drug-likeness (QED) is 0.759. The van der Waals surface area contributed by atoms with Gasteiger partial charge in [0.1, 0.15) is 0 Å². The van der Waals surface area contributed by atoms with Crippen LogP contribution in [0.5, 0.6) is 0 Å². The lowest BCUT2D eigenvalue weighted by Crippen LogP contribution is -2.38. The molecule has 0 aliphatic heterocycles. The van der Waals surface area contributed by atoms with E-state index >= 15 is 0 Å². The van der Waals surface area contributed by atoms with E-state index in [9.17, 15) is 4.79 Å². The van der Waals surface area contributed by atoms with Gasteiger partial charge in [-0.05, 0) is 47.5 Å². The molecule has 0 bridgehead atoms. The van der Waals surface area contributed by atoms with Crippen LogP contribution in [0.1, 0.15) is 47.8 Å². The van der Waals surface area contributed by atoms with Crippen molar-refractivity contribution in [3.8, 4) is 0 Å². The zero-order valence-corrected chi connectivity index (χ0v) is 12.9. The van der Waals surface area contributed by atoms with E-state index in [0.717, 1.165) is 10.2 Å².